The first-order valence-corrected chi connectivity index (χ1v) is 7.95. The SMILES string of the molecule is O=C(CCCc1nnc2ccccn12)Nc1ccc2cc[nH]c2c1. The van der Waals surface area contributed by atoms with Gasteiger partial charge in [-0.25, -0.2) is 0 Å². The molecule has 1 aromatic carbocycles. The molecule has 6 nitrogen and oxygen atoms in total. The third-order valence-corrected chi connectivity index (χ3v) is 4.03. The molecule has 0 aliphatic carbocycles. The van der Waals surface area contributed by atoms with Crippen LogP contribution in [0.15, 0.2) is 54.9 Å². The van der Waals surface area contributed by atoms with Crippen molar-refractivity contribution in [3.05, 3.63) is 60.7 Å². The number of anilines is 1. The van der Waals surface area contributed by atoms with E-state index in [0.717, 1.165) is 34.5 Å². The molecular formula is C18H17N5O. The third-order valence-electron chi connectivity index (χ3n) is 4.03. The van der Waals surface area contributed by atoms with E-state index in [1.165, 1.54) is 0 Å². The van der Waals surface area contributed by atoms with Crippen LogP contribution in [0, 0.1) is 0 Å². The summed E-state index contributed by atoms with van der Waals surface area (Å²) in [5.74, 6) is 0.890. The first-order chi connectivity index (χ1) is 11.8. The van der Waals surface area contributed by atoms with Crippen LogP contribution in [-0.4, -0.2) is 25.5 Å². The van der Waals surface area contributed by atoms with Crippen molar-refractivity contribution >= 4 is 28.1 Å². The van der Waals surface area contributed by atoms with Gasteiger partial charge in [-0.15, -0.1) is 10.2 Å². The molecule has 0 unspecified atom stereocenters. The lowest BCUT2D eigenvalue weighted by Crippen LogP contribution is -2.11. The van der Waals surface area contributed by atoms with Gasteiger partial charge in [-0.3, -0.25) is 9.20 Å². The minimum atomic E-state index is 0.00901. The zero-order valence-electron chi connectivity index (χ0n) is 13.1. The van der Waals surface area contributed by atoms with E-state index in [2.05, 4.69) is 20.5 Å². The van der Waals surface area contributed by atoms with Crippen molar-refractivity contribution in [2.45, 2.75) is 19.3 Å². The summed E-state index contributed by atoms with van der Waals surface area (Å²) in [7, 11) is 0. The highest BCUT2D eigenvalue weighted by Gasteiger charge is 2.07. The number of aryl methyl sites for hydroxylation is 1. The largest absolute Gasteiger partial charge is 0.361 e. The predicted molar refractivity (Wildman–Crippen MR) is 92.9 cm³/mol. The minimum Gasteiger partial charge on any atom is -0.361 e. The molecular weight excluding hydrogens is 302 g/mol. The average molecular weight is 319 g/mol. The van der Waals surface area contributed by atoms with E-state index in [-0.39, 0.29) is 5.91 Å². The van der Waals surface area contributed by atoms with Gasteiger partial charge in [0.1, 0.15) is 5.82 Å². The predicted octanol–water partition coefficient (Wildman–Crippen LogP) is 3.17. The lowest BCUT2D eigenvalue weighted by atomic mass is 10.2. The molecule has 0 saturated carbocycles. The van der Waals surface area contributed by atoms with Crippen molar-refractivity contribution in [1.82, 2.24) is 19.6 Å². The molecule has 0 fully saturated rings. The average Bonchev–Trinajstić information content (AvgIpc) is 3.21. The lowest BCUT2D eigenvalue weighted by molar-refractivity contribution is -0.116. The fourth-order valence-corrected chi connectivity index (χ4v) is 2.82. The summed E-state index contributed by atoms with van der Waals surface area (Å²) < 4.78 is 1.96. The number of fused-ring (bicyclic) bond motifs is 2. The summed E-state index contributed by atoms with van der Waals surface area (Å²) in [4.78, 5) is 15.3. The van der Waals surface area contributed by atoms with Crippen molar-refractivity contribution in [1.29, 1.82) is 0 Å². The fourth-order valence-electron chi connectivity index (χ4n) is 2.82. The Morgan fingerprint density at radius 1 is 1.17 bits per heavy atom. The first-order valence-electron chi connectivity index (χ1n) is 7.95. The van der Waals surface area contributed by atoms with E-state index in [9.17, 15) is 4.79 Å². The van der Waals surface area contributed by atoms with Gasteiger partial charge in [-0.2, -0.15) is 0 Å². The second kappa shape index (κ2) is 6.16. The lowest BCUT2D eigenvalue weighted by Gasteiger charge is -2.05. The Labute approximate surface area is 138 Å². The number of carbonyl (C=O) groups excluding carboxylic acids is 1. The molecule has 4 aromatic rings. The van der Waals surface area contributed by atoms with Crippen molar-refractivity contribution in [3.8, 4) is 0 Å². The summed E-state index contributed by atoms with van der Waals surface area (Å²) in [6.07, 6.45) is 5.72. The number of benzene rings is 1. The Morgan fingerprint density at radius 2 is 2.12 bits per heavy atom. The molecule has 0 aliphatic heterocycles. The zero-order chi connectivity index (χ0) is 16.4. The maximum Gasteiger partial charge on any atom is 0.224 e. The molecule has 6 heteroatoms. The summed E-state index contributed by atoms with van der Waals surface area (Å²) in [5.41, 5.74) is 2.65. The highest BCUT2D eigenvalue weighted by molar-refractivity contribution is 5.93. The molecule has 3 heterocycles. The molecule has 0 saturated heterocycles. The number of carbonyl (C=O) groups is 1. The Morgan fingerprint density at radius 3 is 3.08 bits per heavy atom. The summed E-state index contributed by atoms with van der Waals surface area (Å²) in [5, 5.41) is 12.4. The van der Waals surface area contributed by atoms with E-state index < -0.39 is 0 Å². The highest BCUT2D eigenvalue weighted by atomic mass is 16.1. The number of pyridine rings is 1. The second-order valence-corrected chi connectivity index (χ2v) is 5.73. The molecule has 2 N–H and O–H groups in total. The van der Waals surface area contributed by atoms with Crippen LogP contribution in [0.1, 0.15) is 18.7 Å². The van der Waals surface area contributed by atoms with Gasteiger partial charge in [-0.1, -0.05) is 12.1 Å². The Kier molecular flexibility index (Phi) is 3.70. The number of H-pyrrole nitrogens is 1. The fraction of sp³-hybridized carbons (Fsp3) is 0.167. The number of aromatic nitrogens is 4. The summed E-state index contributed by atoms with van der Waals surface area (Å²) in [6.45, 7) is 0. The van der Waals surface area contributed by atoms with E-state index in [1.807, 2.05) is 59.3 Å². The van der Waals surface area contributed by atoms with E-state index >= 15 is 0 Å². The number of nitrogens with one attached hydrogen (secondary N) is 2. The molecule has 0 bridgehead atoms. The van der Waals surface area contributed by atoms with Gasteiger partial charge >= 0.3 is 0 Å². The highest BCUT2D eigenvalue weighted by Crippen LogP contribution is 2.18. The van der Waals surface area contributed by atoms with Crippen molar-refractivity contribution in [2.24, 2.45) is 0 Å². The second-order valence-electron chi connectivity index (χ2n) is 5.73. The quantitative estimate of drug-likeness (QED) is 0.593. The molecule has 120 valence electrons. The molecule has 3 aromatic heterocycles. The summed E-state index contributed by atoms with van der Waals surface area (Å²) in [6, 6.07) is 13.7. The number of rotatable bonds is 5. The standard InChI is InChI=1S/C18H17N5O/c24-18(20-14-8-7-13-9-10-19-15(13)12-14)6-3-5-17-22-21-16-4-1-2-11-23(16)17/h1-2,4,7-12,19H,3,5-6H2,(H,20,24). The van der Waals surface area contributed by atoms with Gasteiger partial charge in [0.15, 0.2) is 5.65 Å². The normalized spacial score (nSPS) is 11.2. The monoisotopic (exact) mass is 319 g/mol. The molecule has 24 heavy (non-hydrogen) atoms. The van der Waals surface area contributed by atoms with E-state index in [1.54, 1.807) is 0 Å². The van der Waals surface area contributed by atoms with Gasteiger partial charge in [0.05, 0.1) is 0 Å². The zero-order valence-corrected chi connectivity index (χ0v) is 13.1. The Hall–Kier alpha value is -3.15. The Balaban J connectivity index is 1.34. The van der Waals surface area contributed by atoms with Crippen LogP contribution in [0.2, 0.25) is 0 Å². The van der Waals surface area contributed by atoms with Crippen LogP contribution in [0.4, 0.5) is 5.69 Å². The van der Waals surface area contributed by atoms with Crippen LogP contribution >= 0.6 is 0 Å². The molecule has 0 spiro atoms. The Bertz CT molecular complexity index is 1000. The van der Waals surface area contributed by atoms with Crippen LogP contribution in [-0.2, 0) is 11.2 Å². The van der Waals surface area contributed by atoms with E-state index in [4.69, 9.17) is 0 Å². The number of amides is 1. The van der Waals surface area contributed by atoms with Gasteiger partial charge in [0.25, 0.3) is 0 Å². The number of aromatic amines is 1. The van der Waals surface area contributed by atoms with Gasteiger partial charge in [0, 0.05) is 36.4 Å². The number of nitrogens with zero attached hydrogens (tertiary/aromatic N) is 3. The van der Waals surface area contributed by atoms with Crippen LogP contribution in [0.5, 0.6) is 0 Å². The number of hydrogen-bond acceptors (Lipinski definition) is 3. The van der Waals surface area contributed by atoms with Gasteiger partial charge in [-0.05, 0) is 42.1 Å². The third kappa shape index (κ3) is 2.86. The molecule has 1 amide bonds. The first kappa shape index (κ1) is 14.4. The maximum absolute atomic E-state index is 12.1. The minimum absolute atomic E-state index is 0.00901. The van der Waals surface area contributed by atoms with Crippen LogP contribution < -0.4 is 5.32 Å². The molecule has 0 radical (unpaired) electrons. The molecule has 0 atom stereocenters. The van der Waals surface area contributed by atoms with Crippen molar-refractivity contribution < 1.29 is 4.79 Å². The molecule has 0 aliphatic rings. The van der Waals surface area contributed by atoms with Gasteiger partial charge in [0.2, 0.25) is 5.91 Å². The maximum atomic E-state index is 12.1. The topological polar surface area (TPSA) is 75.1 Å². The van der Waals surface area contributed by atoms with Crippen molar-refractivity contribution in [3.63, 3.8) is 0 Å². The van der Waals surface area contributed by atoms with Crippen molar-refractivity contribution in [2.75, 3.05) is 5.32 Å². The summed E-state index contributed by atoms with van der Waals surface area (Å²) >= 11 is 0. The van der Waals surface area contributed by atoms with Crippen LogP contribution in [0.25, 0.3) is 16.6 Å². The smallest absolute Gasteiger partial charge is 0.224 e. The number of hydrogen-bond donors (Lipinski definition) is 2. The van der Waals surface area contributed by atoms with Crippen LogP contribution in [0.3, 0.4) is 0 Å². The molecule has 4 rings (SSSR count). The van der Waals surface area contributed by atoms with Gasteiger partial charge < -0.3 is 10.3 Å². The van der Waals surface area contributed by atoms with E-state index in [0.29, 0.717) is 12.8 Å².